The van der Waals surface area contributed by atoms with E-state index in [0.717, 1.165) is 18.4 Å². The maximum Gasteiger partial charge on any atom is 0.102 e. The van der Waals surface area contributed by atoms with E-state index in [4.69, 9.17) is 0 Å². The van der Waals surface area contributed by atoms with Crippen LogP contribution in [0.15, 0.2) is 54.1 Å². The molecule has 4 unspecified atom stereocenters. The van der Waals surface area contributed by atoms with Crippen LogP contribution < -0.4 is 10.6 Å². The summed E-state index contributed by atoms with van der Waals surface area (Å²) in [5.41, 5.74) is 2.84. The molecule has 0 spiro atoms. The molecule has 4 atom stereocenters. The summed E-state index contributed by atoms with van der Waals surface area (Å²) < 4.78 is 0. The molecule has 0 aromatic heterocycles. The summed E-state index contributed by atoms with van der Waals surface area (Å²) in [4.78, 5) is 0. The lowest BCUT2D eigenvalue weighted by Gasteiger charge is -2.23. The molecule has 2 N–H and O–H groups in total. The second-order valence-electron chi connectivity index (χ2n) is 5.65. The third-order valence-electron chi connectivity index (χ3n) is 4.23. The van der Waals surface area contributed by atoms with E-state index in [1.54, 1.807) is 0 Å². The highest BCUT2D eigenvalue weighted by Gasteiger charge is 2.36. The van der Waals surface area contributed by atoms with E-state index >= 15 is 0 Å². The van der Waals surface area contributed by atoms with E-state index in [1.165, 1.54) is 17.6 Å². The Balaban J connectivity index is 1.78. The maximum absolute atomic E-state index is 4.45. The monoisotopic (exact) mass is 286 g/mol. The fourth-order valence-electron chi connectivity index (χ4n) is 2.86. The second kappa shape index (κ2) is 6.17. The van der Waals surface area contributed by atoms with E-state index in [9.17, 15) is 0 Å². The Morgan fingerprint density at radius 1 is 1.25 bits per heavy atom. The van der Waals surface area contributed by atoms with Crippen LogP contribution in [0.3, 0.4) is 0 Å². The molecule has 0 aliphatic heterocycles. The first-order valence-corrected chi connectivity index (χ1v) is 7.83. The minimum atomic E-state index is 0.0306. The molecule has 2 aliphatic rings. The summed E-state index contributed by atoms with van der Waals surface area (Å²) in [5, 5.41) is 6.54. The third-order valence-corrected chi connectivity index (χ3v) is 4.67. The van der Waals surface area contributed by atoms with Crippen molar-refractivity contribution < 1.29 is 0 Å². The number of benzene rings is 1. The largest absolute Gasteiger partial charge is 0.297 e. The maximum atomic E-state index is 4.45. The fraction of sp³-hybridized carbons (Fsp3) is 0.412. The normalized spacial score (nSPS) is 26.6. The molecule has 20 heavy (non-hydrogen) atoms. The van der Waals surface area contributed by atoms with Crippen molar-refractivity contribution in [3.05, 3.63) is 59.7 Å². The fourth-order valence-corrected chi connectivity index (χ4v) is 2.97. The summed E-state index contributed by atoms with van der Waals surface area (Å²) in [6.07, 6.45) is 8.50. The summed E-state index contributed by atoms with van der Waals surface area (Å²) in [6, 6.07) is 10.7. The summed E-state index contributed by atoms with van der Waals surface area (Å²) >= 11 is 4.45. The number of rotatable bonds is 6. The number of hydrogen-bond acceptors (Lipinski definition) is 3. The molecular formula is C17H22N2S. The van der Waals surface area contributed by atoms with Crippen LogP contribution in [0.4, 0.5) is 0 Å². The van der Waals surface area contributed by atoms with Gasteiger partial charge < -0.3 is 0 Å². The average Bonchev–Trinajstić information content (AvgIpc) is 3.27. The van der Waals surface area contributed by atoms with Gasteiger partial charge in [-0.3, -0.25) is 10.6 Å². The van der Waals surface area contributed by atoms with Crippen molar-refractivity contribution in [1.29, 1.82) is 0 Å². The van der Waals surface area contributed by atoms with E-state index < -0.39 is 0 Å². The molecule has 106 valence electrons. The Morgan fingerprint density at radius 2 is 2.05 bits per heavy atom. The first-order valence-electron chi connectivity index (χ1n) is 7.31. The van der Waals surface area contributed by atoms with Gasteiger partial charge in [0.05, 0.1) is 0 Å². The highest BCUT2D eigenvalue weighted by atomic mass is 32.1. The molecule has 1 saturated carbocycles. The number of thiol groups is 1. The zero-order valence-corrected chi connectivity index (χ0v) is 12.7. The van der Waals surface area contributed by atoms with E-state index in [1.807, 2.05) is 7.05 Å². The van der Waals surface area contributed by atoms with Gasteiger partial charge in [-0.2, -0.15) is 0 Å². The van der Waals surface area contributed by atoms with Crippen molar-refractivity contribution in [2.45, 2.75) is 17.8 Å². The molecule has 3 rings (SSSR count). The Morgan fingerprint density at radius 3 is 2.75 bits per heavy atom. The lowest BCUT2D eigenvalue weighted by Crippen LogP contribution is -2.38. The minimum Gasteiger partial charge on any atom is -0.297 e. The van der Waals surface area contributed by atoms with Gasteiger partial charge in [0.2, 0.25) is 0 Å². The van der Waals surface area contributed by atoms with Gasteiger partial charge in [-0.15, -0.1) is 12.6 Å². The van der Waals surface area contributed by atoms with Crippen LogP contribution in [-0.2, 0) is 0 Å². The molecule has 2 aliphatic carbocycles. The van der Waals surface area contributed by atoms with Gasteiger partial charge in [-0.1, -0.05) is 48.6 Å². The molecule has 3 heteroatoms. The quantitative estimate of drug-likeness (QED) is 0.553. The van der Waals surface area contributed by atoms with Gasteiger partial charge in [0.15, 0.2) is 0 Å². The zero-order valence-electron chi connectivity index (χ0n) is 11.8. The third kappa shape index (κ3) is 3.17. The molecule has 0 amide bonds. The predicted octanol–water partition coefficient (Wildman–Crippen LogP) is 2.92. The number of hydrogen-bond donors (Lipinski definition) is 3. The molecule has 2 nitrogen and oxygen atoms in total. The van der Waals surface area contributed by atoms with Crippen molar-refractivity contribution in [2.75, 3.05) is 13.6 Å². The lowest BCUT2D eigenvalue weighted by atomic mass is 9.88. The van der Waals surface area contributed by atoms with Gasteiger partial charge in [-0.25, -0.2) is 0 Å². The Labute approximate surface area is 126 Å². The van der Waals surface area contributed by atoms with Gasteiger partial charge in [-0.05, 0) is 36.4 Å². The Hall–Kier alpha value is -1.03. The van der Waals surface area contributed by atoms with Crippen LogP contribution in [0.25, 0.3) is 0 Å². The van der Waals surface area contributed by atoms with E-state index in [-0.39, 0.29) is 5.50 Å². The molecule has 1 aromatic rings. The molecular weight excluding hydrogens is 264 g/mol. The van der Waals surface area contributed by atoms with Gasteiger partial charge in [0, 0.05) is 12.5 Å². The number of fused-ring (bicyclic) bond motifs is 1. The molecule has 0 bridgehead atoms. The molecule has 1 fully saturated rings. The van der Waals surface area contributed by atoms with Crippen LogP contribution in [0, 0.1) is 11.8 Å². The molecule has 0 heterocycles. The summed E-state index contributed by atoms with van der Waals surface area (Å²) in [6.45, 7) is 0.895. The Bertz CT molecular complexity index is 509. The standard InChI is InChI=1S/C17H22N2S/c1-18-17(20)19-11-16(12-5-3-2-4-6-12)14-8-7-13-9-15(13)10-14/h2-8,10,13,15-20H,9,11H2,1H3. The summed E-state index contributed by atoms with van der Waals surface area (Å²) in [5.74, 6) is 2.01. The minimum absolute atomic E-state index is 0.0306. The first-order chi connectivity index (χ1) is 9.78. The van der Waals surface area contributed by atoms with Crippen LogP contribution >= 0.6 is 12.6 Å². The van der Waals surface area contributed by atoms with Crippen LogP contribution in [0.2, 0.25) is 0 Å². The van der Waals surface area contributed by atoms with E-state index in [2.05, 4.69) is 71.8 Å². The van der Waals surface area contributed by atoms with Crippen molar-refractivity contribution in [2.24, 2.45) is 11.8 Å². The summed E-state index contributed by atoms with van der Waals surface area (Å²) in [7, 11) is 1.91. The smallest absolute Gasteiger partial charge is 0.102 e. The van der Waals surface area contributed by atoms with E-state index in [0.29, 0.717) is 5.92 Å². The Kier molecular flexibility index (Phi) is 4.29. The van der Waals surface area contributed by atoms with Gasteiger partial charge in [0.25, 0.3) is 0 Å². The second-order valence-corrected chi connectivity index (χ2v) is 6.17. The molecule has 0 radical (unpaired) electrons. The SMILES string of the molecule is CNC(S)NCC(C1=CC2CC2C=C1)c1ccccc1. The topological polar surface area (TPSA) is 24.1 Å². The van der Waals surface area contributed by atoms with Gasteiger partial charge >= 0.3 is 0 Å². The van der Waals surface area contributed by atoms with Crippen molar-refractivity contribution in [1.82, 2.24) is 10.6 Å². The zero-order chi connectivity index (χ0) is 13.9. The highest BCUT2D eigenvalue weighted by molar-refractivity contribution is 7.80. The first kappa shape index (κ1) is 13.9. The van der Waals surface area contributed by atoms with Crippen molar-refractivity contribution in [3.8, 4) is 0 Å². The van der Waals surface area contributed by atoms with Gasteiger partial charge in [0.1, 0.15) is 5.50 Å². The average molecular weight is 286 g/mol. The molecule has 0 saturated heterocycles. The highest BCUT2D eigenvalue weighted by Crippen LogP contribution is 2.46. The van der Waals surface area contributed by atoms with Crippen LogP contribution in [-0.4, -0.2) is 19.1 Å². The van der Waals surface area contributed by atoms with Crippen LogP contribution in [0.5, 0.6) is 0 Å². The van der Waals surface area contributed by atoms with Crippen molar-refractivity contribution in [3.63, 3.8) is 0 Å². The predicted molar refractivity (Wildman–Crippen MR) is 87.8 cm³/mol. The number of nitrogens with one attached hydrogen (secondary N) is 2. The van der Waals surface area contributed by atoms with Crippen molar-refractivity contribution >= 4 is 12.6 Å². The lowest BCUT2D eigenvalue weighted by molar-refractivity contribution is 0.564. The molecule has 1 aromatic carbocycles. The van der Waals surface area contributed by atoms with Crippen LogP contribution in [0.1, 0.15) is 17.9 Å². The number of allylic oxidation sites excluding steroid dienone is 3.